The minimum atomic E-state index is -0.254. The Morgan fingerprint density at radius 3 is 2.42 bits per heavy atom. The van der Waals surface area contributed by atoms with Crippen molar-refractivity contribution in [2.75, 3.05) is 50.5 Å². The Hall–Kier alpha value is -3.08. The predicted octanol–water partition coefficient (Wildman–Crippen LogP) is 6.21. The van der Waals surface area contributed by atoms with E-state index in [0.717, 1.165) is 42.9 Å². The molecule has 1 heterocycles. The van der Waals surface area contributed by atoms with Crippen LogP contribution in [0.3, 0.4) is 0 Å². The number of nitrogens with zero attached hydrogens (tertiary/aromatic N) is 4. The van der Waals surface area contributed by atoms with Gasteiger partial charge in [0.2, 0.25) is 0 Å². The number of hydrogen-bond acceptors (Lipinski definition) is 4. The third-order valence-electron chi connectivity index (χ3n) is 6.48. The summed E-state index contributed by atoms with van der Waals surface area (Å²) in [7, 11) is 4.22. The molecule has 0 spiro atoms. The van der Waals surface area contributed by atoms with E-state index in [1.165, 1.54) is 0 Å². The fourth-order valence-electron chi connectivity index (χ4n) is 4.45. The number of nitriles is 1. The molecule has 1 aliphatic rings. The first-order valence-electron chi connectivity index (χ1n) is 11.9. The number of rotatable bonds is 7. The van der Waals surface area contributed by atoms with Crippen LogP contribution in [-0.4, -0.2) is 62.1 Å². The molecule has 3 aromatic carbocycles. The molecule has 0 bridgehead atoms. The average molecular weight is 522 g/mol. The van der Waals surface area contributed by atoms with Crippen LogP contribution in [0.25, 0.3) is 11.1 Å². The number of carbonyl (C=O) groups excluding carboxylic acids is 1. The molecule has 2 amide bonds. The topological polar surface area (TPSA) is 62.6 Å². The fraction of sp³-hybridized carbons (Fsp3) is 0.286. The monoisotopic (exact) mass is 521 g/mol. The van der Waals surface area contributed by atoms with Crippen LogP contribution in [0, 0.1) is 11.3 Å². The highest BCUT2D eigenvalue weighted by Gasteiger charge is 2.25. The van der Waals surface area contributed by atoms with Crippen LogP contribution < -0.4 is 10.2 Å². The standard InChI is InChI=1S/C28H29Cl2N5O/c1-33(2)27-10-11-34(19-27)12-13-35(28(36)32-25-16-23(29)15-24(30)17-25)26-8-6-21(7-9-26)22-5-3-4-20(14-22)18-31/h3-9,14-17,27H,10-13,19H2,1-2H3,(H,32,36)/t27-/m1/s1. The first kappa shape index (κ1) is 26.0. The summed E-state index contributed by atoms with van der Waals surface area (Å²) in [6.07, 6.45) is 1.12. The first-order chi connectivity index (χ1) is 17.3. The number of carbonyl (C=O) groups is 1. The van der Waals surface area contributed by atoms with Gasteiger partial charge in [-0.3, -0.25) is 9.80 Å². The molecule has 4 rings (SSSR count). The van der Waals surface area contributed by atoms with Crippen molar-refractivity contribution >= 4 is 40.6 Å². The van der Waals surface area contributed by atoms with Gasteiger partial charge < -0.3 is 10.2 Å². The average Bonchev–Trinajstić information content (AvgIpc) is 3.33. The van der Waals surface area contributed by atoms with Crippen molar-refractivity contribution in [1.82, 2.24) is 9.80 Å². The molecule has 1 fully saturated rings. The summed E-state index contributed by atoms with van der Waals surface area (Å²) in [6.45, 7) is 3.29. The van der Waals surface area contributed by atoms with E-state index < -0.39 is 0 Å². The van der Waals surface area contributed by atoms with Gasteiger partial charge >= 0.3 is 6.03 Å². The van der Waals surface area contributed by atoms with Gasteiger partial charge in [-0.05, 0) is 80.7 Å². The highest BCUT2D eigenvalue weighted by atomic mass is 35.5. The van der Waals surface area contributed by atoms with Crippen LogP contribution >= 0.6 is 23.2 Å². The molecule has 0 unspecified atom stereocenters. The van der Waals surface area contributed by atoms with E-state index in [0.29, 0.717) is 33.9 Å². The van der Waals surface area contributed by atoms with Crippen LogP contribution in [0.2, 0.25) is 10.0 Å². The molecule has 186 valence electrons. The lowest BCUT2D eigenvalue weighted by molar-refractivity contribution is 0.252. The maximum atomic E-state index is 13.4. The molecule has 0 saturated carbocycles. The maximum Gasteiger partial charge on any atom is 0.326 e. The van der Waals surface area contributed by atoms with Crippen LogP contribution in [0.4, 0.5) is 16.2 Å². The quantitative estimate of drug-likeness (QED) is 0.401. The lowest BCUT2D eigenvalue weighted by Gasteiger charge is -2.27. The lowest BCUT2D eigenvalue weighted by Crippen LogP contribution is -2.41. The van der Waals surface area contributed by atoms with Gasteiger partial charge in [0.15, 0.2) is 0 Å². The fourth-order valence-corrected chi connectivity index (χ4v) is 4.97. The zero-order valence-electron chi connectivity index (χ0n) is 20.4. The SMILES string of the molecule is CN(C)[C@@H]1CCN(CCN(C(=O)Nc2cc(Cl)cc(Cl)c2)c2ccc(-c3cccc(C#N)c3)cc2)C1. The molecule has 36 heavy (non-hydrogen) atoms. The van der Waals surface area contributed by atoms with E-state index >= 15 is 0 Å². The van der Waals surface area contributed by atoms with Crippen molar-refractivity contribution in [2.45, 2.75) is 12.5 Å². The van der Waals surface area contributed by atoms with E-state index in [9.17, 15) is 10.1 Å². The highest BCUT2D eigenvalue weighted by molar-refractivity contribution is 6.35. The van der Waals surface area contributed by atoms with E-state index in [1.807, 2.05) is 42.5 Å². The molecule has 3 aromatic rings. The van der Waals surface area contributed by atoms with Crippen molar-refractivity contribution < 1.29 is 4.79 Å². The Balaban J connectivity index is 1.54. The molecule has 8 heteroatoms. The molecule has 1 saturated heterocycles. The summed E-state index contributed by atoms with van der Waals surface area (Å²) in [5.74, 6) is 0. The Kier molecular flexibility index (Phi) is 8.50. The first-order valence-corrected chi connectivity index (χ1v) is 12.6. The zero-order chi connectivity index (χ0) is 25.7. The van der Waals surface area contributed by atoms with Crippen molar-refractivity contribution in [3.63, 3.8) is 0 Å². The van der Waals surface area contributed by atoms with Crippen LogP contribution in [0.1, 0.15) is 12.0 Å². The van der Waals surface area contributed by atoms with E-state index in [-0.39, 0.29) is 6.03 Å². The number of likely N-dealkylation sites (N-methyl/N-ethyl adjacent to an activating group) is 1. The Labute approximate surface area is 222 Å². The van der Waals surface area contributed by atoms with Gasteiger partial charge in [-0.15, -0.1) is 0 Å². The van der Waals surface area contributed by atoms with Crippen LogP contribution in [-0.2, 0) is 0 Å². The van der Waals surface area contributed by atoms with E-state index in [2.05, 4.69) is 35.3 Å². The summed E-state index contributed by atoms with van der Waals surface area (Å²) in [4.78, 5) is 19.8. The second-order valence-corrected chi connectivity index (χ2v) is 10.1. The van der Waals surface area contributed by atoms with E-state index in [4.69, 9.17) is 23.2 Å². The zero-order valence-corrected chi connectivity index (χ0v) is 21.9. The number of anilines is 2. The number of halogens is 2. The molecular formula is C28H29Cl2N5O. The Morgan fingerprint density at radius 1 is 1.06 bits per heavy atom. The second-order valence-electron chi connectivity index (χ2n) is 9.19. The van der Waals surface area contributed by atoms with Gasteiger partial charge in [0, 0.05) is 47.1 Å². The smallest absolute Gasteiger partial charge is 0.307 e. The molecule has 0 aromatic heterocycles. The molecule has 1 aliphatic heterocycles. The third kappa shape index (κ3) is 6.57. The Morgan fingerprint density at radius 2 is 1.78 bits per heavy atom. The minimum Gasteiger partial charge on any atom is -0.307 e. The van der Waals surface area contributed by atoms with Gasteiger partial charge in [-0.2, -0.15) is 5.26 Å². The molecule has 1 atom stereocenters. The number of urea groups is 1. The highest BCUT2D eigenvalue weighted by Crippen LogP contribution is 2.26. The number of hydrogen-bond donors (Lipinski definition) is 1. The number of nitrogens with one attached hydrogen (secondary N) is 1. The third-order valence-corrected chi connectivity index (χ3v) is 6.92. The summed E-state index contributed by atoms with van der Waals surface area (Å²) in [5, 5.41) is 13.1. The van der Waals surface area contributed by atoms with Crippen LogP contribution in [0.15, 0.2) is 66.7 Å². The molecule has 0 aliphatic carbocycles. The summed E-state index contributed by atoms with van der Waals surface area (Å²) in [5.41, 5.74) is 3.87. The molecule has 1 N–H and O–H groups in total. The van der Waals surface area contributed by atoms with Gasteiger partial charge in [0.1, 0.15) is 0 Å². The molecular weight excluding hydrogens is 493 g/mol. The summed E-state index contributed by atoms with van der Waals surface area (Å²) in [6, 6.07) is 22.7. The van der Waals surface area contributed by atoms with Gasteiger partial charge in [0.25, 0.3) is 0 Å². The van der Waals surface area contributed by atoms with Gasteiger partial charge in [-0.1, -0.05) is 47.5 Å². The van der Waals surface area contributed by atoms with Gasteiger partial charge in [-0.25, -0.2) is 4.79 Å². The second kappa shape index (κ2) is 11.8. The van der Waals surface area contributed by atoms with E-state index in [1.54, 1.807) is 29.2 Å². The summed E-state index contributed by atoms with van der Waals surface area (Å²) >= 11 is 12.3. The van der Waals surface area contributed by atoms with Crippen molar-refractivity contribution in [3.8, 4) is 17.2 Å². The molecule has 6 nitrogen and oxygen atoms in total. The normalized spacial score (nSPS) is 15.6. The Bertz CT molecular complexity index is 1240. The number of amides is 2. The van der Waals surface area contributed by atoms with Crippen LogP contribution in [0.5, 0.6) is 0 Å². The summed E-state index contributed by atoms with van der Waals surface area (Å²) < 4.78 is 0. The largest absolute Gasteiger partial charge is 0.326 e. The van der Waals surface area contributed by atoms with Crippen molar-refractivity contribution in [2.24, 2.45) is 0 Å². The lowest BCUT2D eigenvalue weighted by atomic mass is 10.0. The molecule has 0 radical (unpaired) electrons. The minimum absolute atomic E-state index is 0.254. The number of benzene rings is 3. The van der Waals surface area contributed by atoms with Crippen molar-refractivity contribution in [1.29, 1.82) is 5.26 Å². The van der Waals surface area contributed by atoms with Crippen molar-refractivity contribution in [3.05, 3.63) is 82.3 Å². The number of likely N-dealkylation sites (tertiary alicyclic amines) is 1. The maximum absolute atomic E-state index is 13.4. The van der Waals surface area contributed by atoms with Gasteiger partial charge in [0.05, 0.1) is 11.6 Å². The predicted molar refractivity (Wildman–Crippen MR) is 148 cm³/mol.